The molecule has 0 radical (unpaired) electrons. The zero-order valence-electron chi connectivity index (χ0n) is 16.8. The van der Waals surface area contributed by atoms with Gasteiger partial charge in [-0.05, 0) is 56.9 Å². The van der Waals surface area contributed by atoms with Crippen molar-refractivity contribution in [3.05, 3.63) is 62.8 Å². The van der Waals surface area contributed by atoms with Crippen LogP contribution in [0.25, 0.3) is 17.8 Å². The molecule has 0 spiro atoms. The van der Waals surface area contributed by atoms with E-state index in [1.807, 2.05) is 64.1 Å². The van der Waals surface area contributed by atoms with Gasteiger partial charge in [-0.2, -0.15) is 0 Å². The number of aryl methyl sites for hydroxylation is 1. The Morgan fingerprint density at radius 3 is 2.41 bits per heavy atom. The van der Waals surface area contributed by atoms with Crippen molar-refractivity contribution in [2.24, 2.45) is 5.73 Å². The Bertz CT molecular complexity index is 945. The summed E-state index contributed by atoms with van der Waals surface area (Å²) >= 11 is 0. The molecule has 0 fully saturated rings. The molecule has 0 saturated heterocycles. The summed E-state index contributed by atoms with van der Waals surface area (Å²) in [5.74, 6) is 1.40. The van der Waals surface area contributed by atoms with Gasteiger partial charge in [0.2, 0.25) is 0 Å². The Balaban J connectivity index is 0.000000855. The predicted octanol–water partition coefficient (Wildman–Crippen LogP) is 1.53. The van der Waals surface area contributed by atoms with E-state index in [0.29, 0.717) is 24.1 Å². The van der Waals surface area contributed by atoms with Crippen LogP contribution in [-0.2, 0) is 4.74 Å². The summed E-state index contributed by atoms with van der Waals surface area (Å²) in [6.07, 6.45) is 6.42. The van der Waals surface area contributed by atoms with Gasteiger partial charge >= 0.3 is 0 Å². The molecule has 1 aromatic carbocycles. The van der Waals surface area contributed by atoms with Crippen LogP contribution in [0.2, 0.25) is 0 Å². The van der Waals surface area contributed by atoms with Crippen LogP contribution in [0.3, 0.4) is 0 Å². The fourth-order valence-corrected chi connectivity index (χ4v) is 2.83. The number of ether oxygens (including phenoxy) is 1. The van der Waals surface area contributed by atoms with E-state index in [0.717, 1.165) is 22.1 Å². The van der Waals surface area contributed by atoms with Crippen LogP contribution in [0.15, 0.2) is 40.9 Å². The first-order valence-corrected chi connectivity index (χ1v) is 9.76. The molecule has 0 saturated carbocycles. The molecule has 3 rings (SSSR count). The summed E-state index contributed by atoms with van der Waals surface area (Å²) in [5.41, 5.74) is 5.24. The second-order valence-electron chi connectivity index (χ2n) is 5.31. The van der Waals surface area contributed by atoms with Gasteiger partial charge in [0, 0.05) is 0 Å². The van der Waals surface area contributed by atoms with Crippen LogP contribution >= 0.6 is 9.24 Å². The summed E-state index contributed by atoms with van der Waals surface area (Å²) in [6, 6.07) is 7.76. The molecule has 6 heteroatoms. The lowest BCUT2D eigenvalue weighted by Gasteiger charge is -2.10. The number of fused-ring (bicyclic) bond motifs is 1. The highest BCUT2D eigenvalue weighted by atomic mass is 31.0. The molecule has 0 amide bonds. The standard InChI is InChI=1S/C18H19N2O2P.C2H6.CH5N/c1-3-22-14-5-4-6-17-16(11-14)18(21)20(12(2)19-17)13-7-9-15(23)10-8-13;2*1-2/h5-11H,3-4,23H2,1-2H3;1-2H3;2H2,1H3. The molecular formula is C21H30N3O2P. The molecule has 2 N–H and O–H groups in total. The van der Waals surface area contributed by atoms with E-state index < -0.39 is 0 Å². The molecule has 1 atom stereocenters. The van der Waals surface area contributed by atoms with Crippen molar-refractivity contribution in [3.63, 3.8) is 0 Å². The first kappa shape index (κ1) is 22.8. The number of hydrogen-bond acceptors (Lipinski definition) is 4. The number of aromatic nitrogens is 2. The first-order chi connectivity index (χ1) is 13.1. The van der Waals surface area contributed by atoms with Crippen LogP contribution in [-0.4, -0.2) is 23.2 Å². The second kappa shape index (κ2) is 11.5. The highest BCUT2D eigenvalue weighted by molar-refractivity contribution is 7.27. The average molecular weight is 387 g/mol. The lowest BCUT2D eigenvalue weighted by molar-refractivity contribution is 0.247. The van der Waals surface area contributed by atoms with Gasteiger partial charge in [-0.1, -0.05) is 32.1 Å². The smallest absolute Gasteiger partial charge is 0.266 e. The highest BCUT2D eigenvalue weighted by Crippen LogP contribution is 2.06. The van der Waals surface area contributed by atoms with E-state index in [1.165, 1.54) is 7.05 Å². The number of nitrogens with two attached hydrogens (primary N) is 1. The maximum Gasteiger partial charge on any atom is 0.266 e. The maximum absolute atomic E-state index is 13.0. The summed E-state index contributed by atoms with van der Waals surface area (Å²) in [6.45, 7) is 8.35. The fraction of sp³-hybridized carbons (Fsp3) is 0.333. The SMILES string of the molecule is CC.CCOC1=CCC=c2nc(C)n(-c3ccc(P)cc3)c(=O)c2=C1.CN. The Kier molecular flexibility index (Phi) is 9.70. The van der Waals surface area contributed by atoms with Crippen molar-refractivity contribution < 1.29 is 4.74 Å². The van der Waals surface area contributed by atoms with Gasteiger partial charge in [-0.3, -0.25) is 9.36 Å². The summed E-state index contributed by atoms with van der Waals surface area (Å²) in [5, 5.41) is 2.36. The van der Waals surface area contributed by atoms with E-state index in [-0.39, 0.29) is 5.56 Å². The largest absolute Gasteiger partial charge is 0.494 e. The number of hydrogen-bond donors (Lipinski definition) is 1. The van der Waals surface area contributed by atoms with Crippen LogP contribution in [0.4, 0.5) is 0 Å². The Hall–Kier alpha value is -2.23. The molecule has 146 valence electrons. The molecule has 1 heterocycles. The molecular weight excluding hydrogens is 357 g/mol. The number of rotatable bonds is 3. The van der Waals surface area contributed by atoms with Gasteiger partial charge in [0.05, 0.1) is 22.9 Å². The Morgan fingerprint density at radius 1 is 1.19 bits per heavy atom. The molecule has 2 aromatic rings. The minimum absolute atomic E-state index is 0.0761. The van der Waals surface area contributed by atoms with Crippen molar-refractivity contribution in [2.75, 3.05) is 13.7 Å². The van der Waals surface area contributed by atoms with Crippen LogP contribution in [0.1, 0.15) is 33.0 Å². The van der Waals surface area contributed by atoms with Crippen molar-refractivity contribution in [1.29, 1.82) is 0 Å². The molecule has 27 heavy (non-hydrogen) atoms. The van der Waals surface area contributed by atoms with Gasteiger partial charge in [0.25, 0.3) is 5.56 Å². The third kappa shape index (κ3) is 5.62. The lowest BCUT2D eigenvalue weighted by atomic mass is 10.3. The minimum Gasteiger partial charge on any atom is -0.494 e. The Labute approximate surface area is 163 Å². The fourth-order valence-electron chi connectivity index (χ4n) is 2.64. The molecule has 0 bridgehead atoms. The third-order valence-corrected chi connectivity index (χ3v) is 4.08. The number of allylic oxidation sites excluding steroid dienone is 2. The average Bonchev–Trinajstić information content (AvgIpc) is 2.89. The molecule has 1 unspecified atom stereocenters. The van der Waals surface area contributed by atoms with E-state index in [2.05, 4.69) is 20.0 Å². The predicted molar refractivity (Wildman–Crippen MR) is 118 cm³/mol. The van der Waals surface area contributed by atoms with Gasteiger partial charge in [-0.25, -0.2) is 4.98 Å². The molecule has 1 aliphatic carbocycles. The quantitative estimate of drug-likeness (QED) is 0.811. The molecule has 1 aromatic heterocycles. The van der Waals surface area contributed by atoms with Crippen molar-refractivity contribution >= 4 is 26.7 Å². The lowest BCUT2D eigenvalue weighted by Crippen LogP contribution is -2.47. The van der Waals surface area contributed by atoms with Crippen molar-refractivity contribution in [1.82, 2.24) is 9.55 Å². The zero-order valence-corrected chi connectivity index (χ0v) is 18.0. The molecule has 5 nitrogen and oxygen atoms in total. The van der Waals surface area contributed by atoms with Crippen LogP contribution in [0.5, 0.6) is 0 Å². The topological polar surface area (TPSA) is 70.1 Å². The first-order valence-electron chi connectivity index (χ1n) is 9.18. The van der Waals surface area contributed by atoms with Crippen LogP contribution < -0.4 is 27.2 Å². The normalized spacial score (nSPS) is 11.7. The van der Waals surface area contributed by atoms with Crippen molar-refractivity contribution in [2.45, 2.75) is 34.1 Å². The number of benzene rings is 1. The van der Waals surface area contributed by atoms with Gasteiger partial charge in [0.1, 0.15) is 11.6 Å². The maximum atomic E-state index is 13.0. The highest BCUT2D eigenvalue weighted by Gasteiger charge is 2.09. The number of nitrogens with zero attached hydrogens (tertiary/aromatic N) is 2. The summed E-state index contributed by atoms with van der Waals surface area (Å²) < 4.78 is 7.21. The van der Waals surface area contributed by atoms with Gasteiger partial charge in [0.15, 0.2) is 0 Å². The van der Waals surface area contributed by atoms with Crippen LogP contribution in [0, 0.1) is 6.92 Å². The Morgan fingerprint density at radius 2 is 1.81 bits per heavy atom. The van der Waals surface area contributed by atoms with E-state index >= 15 is 0 Å². The van der Waals surface area contributed by atoms with E-state index in [4.69, 9.17) is 4.74 Å². The summed E-state index contributed by atoms with van der Waals surface area (Å²) in [7, 11) is 4.14. The second-order valence-corrected chi connectivity index (χ2v) is 5.98. The van der Waals surface area contributed by atoms with Gasteiger partial charge in [-0.15, -0.1) is 9.24 Å². The zero-order chi connectivity index (χ0) is 20.4. The van der Waals surface area contributed by atoms with E-state index in [9.17, 15) is 4.79 Å². The van der Waals surface area contributed by atoms with Crippen molar-refractivity contribution in [3.8, 4) is 5.69 Å². The monoisotopic (exact) mass is 387 g/mol. The van der Waals surface area contributed by atoms with Gasteiger partial charge < -0.3 is 10.5 Å². The minimum atomic E-state index is -0.0761. The third-order valence-electron chi connectivity index (χ3n) is 3.69. The molecule has 0 aliphatic heterocycles. The van der Waals surface area contributed by atoms with E-state index in [1.54, 1.807) is 10.6 Å². The summed E-state index contributed by atoms with van der Waals surface area (Å²) in [4.78, 5) is 17.6. The molecule has 1 aliphatic rings.